The highest BCUT2D eigenvalue weighted by atomic mass is 17.2. The van der Waals surface area contributed by atoms with Gasteiger partial charge in [0.1, 0.15) is 6.61 Å². The Balaban J connectivity index is 2.09. The van der Waals surface area contributed by atoms with Crippen molar-refractivity contribution in [2.45, 2.75) is 32.4 Å². The highest BCUT2D eigenvalue weighted by Gasteiger charge is 2.14. The third-order valence-corrected chi connectivity index (χ3v) is 2.88. The first-order valence-corrected chi connectivity index (χ1v) is 5.42. The zero-order chi connectivity index (χ0) is 10.7. The van der Waals surface area contributed by atoms with Crippen molar-refractivity contribution in [2.75, 3.05) is 7.05 Å². The molecule has 1 aliphatic heterocycles. The summed E-state index contributed by atoms with van der Waals surface area (Å²) in [6, 6.07) is 6.84. The van der Waals surface area contributed by atoms with E-state index in [0.29, 0.717) is 12.6 Å². The van der Waals surface area contributed by atoms with Crippen LogP contribution in [0.1, 0.15) is 24.5 Å². The lowest BCUT2D eigenvalue weighted by Crippen LogP contribution is -2.26. The van der Waals surface area contributed by atoms with E-state index >= 15 is 0 Å². The molecule has 0 saturated heterocycles. The van der Waals surface area contributed by atoms with Crippen LogP contribution < -0.4 is 10.2 Å². The second-order valence-electron chi connectivity index (χ2n) is 3.89. The lowest BCUT2D eigenvalue weighted by Gasteiger charge is -2.13. The van der Waals surface area contributed by atoms with Crippen LogP contribution in [-0.2, 0) is 17.9 Å². The predicted molar refractivity (Wildman–Crippen MR) is 58.7 cm³/mol. The monoisotopic (exact) mass is 207 g/mol. The molecule has 0 radical (unpaired) electrons. The largest absolute Gasteiger partial charge is 0.337 e. The SMILES string of the molecule is CCC(Cc1ccc2c(c1)OOC2)NC. The quantitative estimate of drug-likeness (QED) is 0.766. The Morgan fingerprint density at radius 1 is 1.47 bits per heavy atom. The number of fused-ring (bicyclic) bond motifs is 1. The first kappa shape index (κ1) is 10.5. The van der Waals surface area contributed by atoms with E-state index in [-0.39, 0.29) is 0 Å². The molecule has 3 heteroatoms. The van der Waals surface area contributed by atoms with Crippen molar-refractivity contribution in [1.82, 2.24) is 5.32 Å². The molecule has 0 aliphatic carbocycles. The summed E-state index contributed by atoms with van der Waals surface area (Å²) in [4.78, 5) is 9.98. The third kappa shape index (κ3) is 2.30. The average Bonchev–Trinajstić information content (AvgIpc) is 2.73. The normalized spacial score (nSPS) is 15.9. The summed E-state index contributed by atoms with van der Waals surface area (Å²) in [6.45, 7) is 2.76. The van der Waals surface area contributed by atoms with Crippen LogP contribution in [-0.4, -0.2) is 13.1 Å². The molecular weight excluding hydrogens is 190 g/mol. The summed E-state index contributed by atoms with van der Waals surface area (Å²) >= 11 is 0. The molecule has 15 heavy (non-hydrogen) atoms. The molecule has 0 saturated carbocycles. The van der Waals surface area contributed by atoms with Crippen molar-refractivity contribution in [3.8, 4) is 5.75 Å². The molecule has 1 aromatic carbocycles. The summed E-state index contributed by atoms with van der Waals surface area (Å²) < 4.78 is 0. The van der Waals surface area contributed by atoms with Gasteiger partial charge in [0.25, 0.3) is 0 Å². The molecule has 1 atom stereocenters. The molecule has 0 spiro atoms. The van der Waals surface area contributed by atoms with Gasteiger partial charge in [0.2, 0.25) is 0 Å². The summed E-state index contributed by atoms with van der Waals surface area (Å²) in [6.07, 6.45) is 2.16. The first-order chi connectivity index (χ1) is 7.33. The van der Waals surface area contributed by atoms with Crippen LogP contribution >= 0.6 is 0 Å². The minimum absolute atomic E-state index is 0.533. The van der Waals surface area contributed by atoms with E-state index in [1.165, 1.54) is 5.56 Å². The van der Waals surface area contributed by atoms with Gasteiger partial charge in [-0.05, 0) is 31.5 Å². The van der Waals surface area contributed by atoms with Crippen LogP contribution in [0.3, 0.4) is 0 Å². The second kappa shape index (κ2) is 4.64. The lowest BCUT2D eigenvalue weighted by atomic mass is 10.0. The van der Waals surface area contributed by atoms with Gasteiger partial charge in [0.05, 0.1) is 0 Å². The fourth-order valence-electron chi connectivity index (χ4n) is 1.81. The predicted octanol–water partition coefficient (Wildman–Crippen LogP) is 2.05. The third-order valence-electron chi connectivity index (χ3n) is 2.88. The first-order valence-electron chi connectivity index (χ1n) is 5.42. The Hall–Kier alpha value is -1.06. The molecule has 1 N–H and O–H groups in total. The highest BCUT2D eigenvalue weighted by molar-refractivity contribution is 5.38. The summed E-state index contributed by atoms with van der Waals surface area (Å²) in [5.74, 6) is 0.874. The highest BCUT2D eigenvalue weighted by Crippen LogP contribution is 2.27. The molecule has 1 aromatic rings. The number of benzene rings is 1. The molecule has 0 bridgehead atoms. The summed E-state index contributed by atoms with van der Waals surface area (Å²) in [7, 11) is 2.00. The molecule has 1 aliphatic rings. The van der Waals surface area contributed by atoms with Gasteiger partial charge >= 0.3 is 0 Å². The van der Waals surface area contributed by atoms with Crippen LogP contribution in [0.15, 0.2) is 18.2 Å². The molecule has 0 amide bonds. The van der Waals surface area contributed by atoms with Gasteiger partial charge in [0, 0.05) is 11.6 Å². The Morgan fingerprint density at radius 2 is 2.33 bits per heavy atom. The van der Waals surface area contributed by atoms with Gasteiger partial charge in [-0.3, -0.25) is 0 Å². The molecule has 3 nitrogen and oxygen atoms in total. The van der Waals surface area contributed by atoms with Crippen LogP contribution in [0, 0.1) is 0 Å². The van der Waals surface area contributed by atoms with E-state index in [4.69, 9.17) is 9.78 Å². The molecule has 82 valence electrons. The van der Waals surface area contributed by atoms with E-state index in [0.717, 1.165) is 24.2 Å². The van der Waals surface area contributed by atoms with Crippen LogP contribution in [0.5, 0.6) is 5.75 Å². The van der Waals surface area contributed by atoms with Gasteiger partial charge in [-0.2, -0.15) is 4.89 Å². The van der Waals surface area contributed by atoms with Gasteiger partial charge in [-0.25, -0.2) is 0 Å². The molecule has 1 unspecified atom stereocenters. The van der Waals surface area contributed by atoms with Crippen molar-refractivity contribution >= 4 is 0 Å². The maximum atomic E-state index is 5.07. The van der Waals surface area contributed by atoms with Crippen molar-refractivity contribution in [1.29, 1.82) is 0 Å². The average molecular weight is 207 g/mol. The van der Waals surface area contributed by atoms with Gasteiger partial charge in [-0.15, -0.1) is 0 Å². The van der Waals surface area contributed by atoms with Crippen LogP contribution in [0.2, 0.25) is 0 Å². The number of likely N-dealkylation sites (N-methyl/N-ethyl adjacent to an activating group) is 1. The standard InChI is InChI=1S/C12H17NO2/c1-3-11(13-2)6-9-4-5-10-8-14-15-12(10)7-9/h4-5,7,11,13H,3,6,8H2,1-2H3. The van der Waals surface area contributed by atoms with Crippen molar-refractivity contribution in [3.05, 3.63) is 29.3 Å². The fourth-order valence-corrected chi connectivity index (χ4v) is 1.81. The molecule has 0 fully saturated rings. The maximum absolute atomic E-state index is 5.07. The van der Waals surface area contributed by atoms with Crippen molar-refractivity contribution in [3.63, 3.8) is 0 Å². The maximum Gasteiger partial charge on any atom is 0.171 e. The minimum atomic E-state index is 0.533. The Kier molecular flexibility index (Phi) is 3.23. The van der Waals surface area contributed by atoms with Crippen LogP contribution in [0.25, 0.3) is 0 Å². The minimum Gasteiger partial charge on any atom is -0.337 e. The zero-order valence-electron chi connectivity index (χ0n) is 9.25. The zero-order valence-corrected chi connectivity index (χ0v) is 9.25. The topological polar surface area (TPSA) is 30.5 Å². The van der Waals surface area contributed by atoms with Crippen LogP contribution in [0.4, 0.5) is 0 Å². The number of hydrogen-bond acceptors (Lipinski definition) is 3. The van der Waals surface area contributed by atoms with E-state index in [2.05, 4.69) is 30.4 Å². The summed E-state index contributed by atoms with van der Waals surface area (Å²) in [5, 5.41) is 3.30. The van der Waals surface area contributed by atoms with Gasteiger partial charge < -0.3 is 10.2 Å². The summed E-state index contributed by atoms with van der Waals surface area (Å²) in [5.41, 5.74) is 2.43. The van der Waals surface area contributed by atoms with E-state index in [1.807, 2.05) is 7.05 Å². The van der Waals surface area contributed by atoms with Gasteiger partial charge in [-0.1, -0.05) is 19.1 Å². The van der Waals surface area contributed by atoms with Crippen molar-refractivity contribution < 1.29 is 9.78 Å². The van der Waals surface area contributed by atoms with E-state index in [9.17, 15) is 0 Å². The Bertz CT molecular complexity index is 334. The number of nitrogens with one attached hydrogen (secondary N) is 1. The smallest absolute Gasteiger partial charge is 0.171 e. The Morgan fingerprint density at radius 3 is 3.07 bits per heavy atom. The Labute approximate surface area is 90.3 Å². The fraction of sp³-hybridized carbons (Fsp3) is 0.500. The number of rotatable bonds is 4. The molecular formula is C12H17NO2. The molecule has 0 aromatic heterocycles. The molecule has 1 heterocycles. The number of hydrogen-bond donors (Lipinski definition) is 1. The van der Waals surface area contributed by atoms with E-state index in [1.54, 1.807) is 0 Å². The van der Waals surface area contributed by atoms with Gasteiger partial charge in [0.15, 0.2) is 5.75 Å². The lowest BCUT2D eigenvalue weighted by molar-refractivity contribution is -0.194. The van der Waals surface area contributed by atoms with E-state index < -0.39 is 0 Å². The van der Waals surface area contributed by atoms with Crippen molar-refractivity contribution in [2.24, 2.45) is 0 Å². The molecule has 2 rings (SSSR count). The second-order valence-corrected chi connectivity index (χ2v) is 3.89.